The zero-order valence-corrected chi connectivity index (χ0v) is 17.4. The molecule has 0 N–H and O–H groups in total. The van der Waals surface area contributed by atoms with Gasteiger partial charge in [0.2, 0.25) is 5.91 Å². The van der Waals surface area contributed by atoms with Gasteiger partial charge in [0.15, 0.2) is 0 Å². The molecule has 1 aromatic heterocycles. The van der Waals surface area contributed by atoms with Crippen LogP contribution in [0.5, 0.6) is 0 Å². The first-order valence-electron chi connectivity index (χ1n) is 10.0. The molecule has 2 atom stereocenters. The molecule has 2 saturated heterocycles. The maximum absolute atomic E-state index is 12.7. The van der Waals surface area contributed by atoms with Crippen LogP contribution in [0.2, 0.25) is 5.02 Å². The zero-order chi connectivity index (χ0) is 18.5. The van der Waals surface area contributed by atoms with Crippen molar-refractivity contribution in [2.75, 3.05) is 31.6 Å². The molecule has 5 rings (SSSR count). The number of aryl methyl sites for hydroxylation is 1. The van der Waals surface area contributed by atoms with E-state index in [0.29, 0.717) is 24.4 Å². The maximum Gasteiger partial charge on any atom is 0.224 e. The summed E-state index contributed by atoms with van der Waals surface area (Å²) in [5.74, 6) is 2.44. The molecule has 2 unspecified atom stereocenters. The zero-order valence-electron chi connectivity index (χ0n) is 15.8. The monoisotopic (exact) mass is 403 g/mol. The highest BCUT2D eigenvalue weighted by Crippen LogP contribution is 2.47. The summed E-state index contributed by atoms with van der Waals surface area (Å²) in [6.45, 7) is 2.58. The summed E-state index contributed by atoms with van der Waals surface area (Å²) in [4.78, 5) is 17.3. The summed E-state index contributed by atoms with van der Waals surface area (Å²) in [5, 5.41) is 2.09. The third-order valence-corrected chi connectivity index (χ3v) is 7.87. The molecule has 0 radical (unpaired) electrons. The Balaban J connectivity index is 1.49. The Kier molecular flexibility index (Phi) is 4.65. The first-order valence-corrected chi connectivity index (χ1v) is 11.5. The van der Waals surface area contributed by atoms with Gasteiger partial charge in [0.25, 0.3) is 0 Å². The molecule has 144 valence electrons. The van der Waals surface area contributed by atoms with Crippen molar-refractivity contribution in [3.8, 4) is 0 Å². The molecule has 1 amide bonds. The SMILES string of the molecule is CN1C2CCC1c1c(n(CCC(=O)N3CCSCC3)c3ccc(Cl)cc13)C2. The number of halogens is 1. The molecule has 0 saturated carbocycles. The Morgan fingerprint density at radius 2 is 2.07 bits per heavy atom. The summed E-state index contributed by atoms with van der Waals surface area (Å²) >= 11 is 8.30. The number of hydrogen-bond donors (Lipinski definition) is 0. The van der Waals surface area contributed by atoms with Gasteiger partial charge in [-0.3, -0.25) is 9.69 Å². The number of hydrogen-bond acceptors (Lipinski definition) is 3. The van der Waals surface area contributed by atoms with E-state index >= 15 is 0 Å². The number of amides is 1. The number of carbonyl (C=O) groups excluding carboxylic acids is 1. The minimum absolute atomic E-state index is 0.302. The van der Waals surface area contributed by atoms with Crippen molar-refractivity contribution in [1.82, 2.24) is 14.4 Å². The van der Waals surface area contributed by atoms with Gasteiger partial charge in [0, 0.05) is 77.7 Å². The van der Waals surface area contributed by atoms with Gasteiger partial charge in [0.05, 0.1) is 0 Å². The van der Waals surface area contributed by atoms with Gasteiger partial charge in [-0.25, -0.2) is 0 Å². The number of benzene rings is 1. The number of aromatic nitrogens is 1. The smallest absolute Gasteiger partial charge is 0.224 e. The minimum atomic E-state index is 0.302. The van der Waals surface area contributed by atoms with Crippen LogP contribution in [0.4, 0.5) is 0 Å². The van der Waals surface area contributed by atoms with Gasteiger partial charge in [-0.15, -0.1) is 0 Å². The normalized spacial score (nSPS) is 25.2. The first-order chi connectivity index (χ1) is 13.1. The van der Waals surface area contributed by atoms with Crippen molar-refractivity contribution in [3.05, 3.63) is 34.5 Å². The van der Waals surface area contributed by atoms with Crippen LogP contribution in [0.3, 0.4) is 0 Å². The number of carbonyl (C=O) groups is 1. The lowest BCUT2D eigenvalue weighted by Gasteiger charge is -2.32. The highest BCUT2D eigenvalue weighted by molar-refractivity contribution is 7.99. The summed E-state index contributed by atoms with van der Waals surface area (Å²) in [7, 11) is 2.26. The lowest BCUT2D eigenvalue weighted by atomic mass is 9.97. The van der Waals surface area contributed by atoms with E-state index in [2.05, 4.69) is 28.6 Å². The van der Waals surface area contributed by atoms with Crippen LogP contribution in [-0.4, -0.2) is 58.0 Å². The molecule has 3 aliphatic rings. The standard InChI is InChI=1S/C21H26ClN3OS/c1-23-15-3-5-18(23)21-16-12-14(22)2-4-17(16)25(19(21)13-15)7-6-20(26)24-8-10-27-11-9-24/h2,4,12,15,18H,3,5-11,13H2,1H3. The van der Waals surface area contributed by atoms with Crippen LogP contribution in [0.1, 0.15) is 36.6 Å². The molecular formula is C21H26ClN3OS. The fourth-order valence-electron chi connectivity index (χ4n) is 5.26. The molecular weight excluding hydrogens is 378 g/mol. The van der Waals surface area contributed by atoms with Crippen LogP contribution >= 0.6 is 23.4 Å². The molecule has 1 aromatic carbocycles. The molecule has 2 bridgehead atoms. The highest BCUT2D eigenvalue weighted by Gasteiger charge is 2.40. The van der Waals surface area contributed by atoms with Crippen molar-refractivity contribution < 1.29 is 4.79 Å². The third kappa shape index (κ3) is 2.99. The van der Waals surface area contributed by atoms with Gasteiger partial charge in [-0.1, -0.05) is 11.6 Å². The van der Waals surface area contributed by atoms with E-state index in [1.165, 1.54) is 35.0 Å². The second-order valence-electron chi connectivity index (χ2n) is 8.03. The fraction of sp³-hybridized carbons (Fsp3) is 0.571. The quantitative estimate of drug-likeness (QED) is 0.776. The average molecular weight is 404 g/mol. The van der Waals surface area contributed by atoms with E-state index in [1.54, 1.807) is 0 Å². The van der Waals surface area contributed by atoms with E-state index in [0.717, 1.165) is 42.6 Å². The molecule has 2 fully saturated rings. The second kappa shape index (κ2) is 7.02. The largest absolute Gasteiger partial charge is 0.344 e. The predicted molar refractivity (Wildman–Crippen MR) is 113 cm³/mol. The molecule has 0 aliphatic carbocycles. The number of likely N-dealkylation sites (N-methyl/N-ethyl adjacent to an activating group) is 1. The number of fused-ring (bicyclic) bond motifs is 6. The van der Waals surface area contributed by atoms with Gasteiger partial charge < -0.3 is 9.47 Å². The Bertz CT molecular complexity index is 889. The molecule has 27 heavy (non-hydrogen) atoms. The van der Waals surface area contributed by atoms with Crippen molar-refractivity contribution >= 4 is 40.2 Å². The maximum atomic E-state index is 12.7. The topological polar surface area (TPSA) is 28.5 Å². The van der Waals surface area contributed by atoms with Crippen LogP contribution in [-0.2, 0) is 17.8 Å². The fourth-order valence-corrected chi connectivity index (χ4v) is 6.34. The number of thioether (sulfide) groups is 1. The van der Waals surface area contributed by atoms with Gasteiger partial charge >= 0.3 is 0 Å². The van der Waals surface area contributed by atoms with E-state index in [9.17, 15) is 4.79 Å². The van der Waals surface area contributed by atoms with Crippen molar-refractivity contribution in [2.24, 2.45) is 0 Å². The van der Waals surface area contributed by atoms with Gasteiger partial charge in [0.1, 0.15) is 0 Å². The third-order valence-electron chi connectivity index (χ3n) is 6.69. The minimum Gasteiger partial charge on any atom is -0.344 e. The molecule has 4 heterocycles. The molecule has 4 nitrogen and oxygen atoms in total. The summed E-state index contributed by atoms with van der Waals surface area (Å²) < 4.78 is 2.43. The molecule has 2 aromatic rings. The summed E-state index contributed by atoms with van der Waals surface area (Å²) in [5.41, 5.74) is 4.15. The first kappa shape index (κ1) is 17.9. The van der Waals surface area contributed by atoms with E-state index in [1.807, 2.05) is 22.7 Å². The van der Waals surface area contributed by atoms with Crippen LogP contribution < -0.4 is 0 Å². The summed E-state index contributed by atoms with van der Waals surface area (Å²) in [6.07, 6.45) is 4.17. The van der Waals surface area contributed by atoms with Crippen molar-refractivity contribution in [1.29, 1.82) is 0 Å². The number of nitrogens with zero attached hydrogens (tertiary/aromatic N) is 3. The highest BCUT2D eigenvalue weighted by atomic mass is 35.5. The Morgan fingerprint density at radius 1 is 1.26 bits per heavy atom. The summed E-state index contributed by atoms with van der Waals surface area (Å²) in [6, 6.07) is 7.39. The predicted octanol–water partition coefficient (Wildman–Crippen LogP) is 3.95. The van der Waals surface area contributed by atoms with Gasteiger partial charge in [-0.05, 0) is 43.7 Å². The van der Waals surface area contributed by atoms with E-state index in [-0.39, 0.29) is 0 Å². The van der Waals surface area contributed by atoms with Crippen LogP contribution in [0.15, 0.2) is 18.2 Å². The molecule has 3 aliphatic heterocycles. The van der Waals surface area contributed by atoms with Gasteiger partial charge in [-0.2, -0.15) is 11.8 Å². The Labute approximate surface area is 169 Å². The second-order valence-corrected chi connectivity index (χ2v) is 9.69. The van der Waals surface area contributed by atoms with E-state index in [4.69, 9.17) is 11.6 Å². The average Bonchev–Trinajstić information content (AvgIpc) is 3.10. The van der Waals surface area contributed by atoms with E-state index < -0.39 is 0 Å². The molecule has 6 heteroatoms. The lowest BCUT2D eigenvalue weighted by molar-refractivity contribution is -0.131. The van der Waals surface area contributed by atoms with Crippen molar-refractivity contribution in [3.63, 3.8) is 0 Å². The lowest BCUT2D eigenvalue weighted by Crippen LogP contribution is -2.38. The van der Waals surface area contributed by atoms with Crippen molar-refractivity contribution in [2.45, 2.75) is 44.3 Å². The van der Waals surface area contributed by atoms with Crippen LogP contribution in [0, 0.1) is 0 Å². The van der Waals surface area contributed by atoms with Crippen LogP contribution in [0.25, 0.3) is 10.9 Å². The molecule has 0 spiro atoms. The number of rotatable bonds is 3. The Morgan fingerprint density at radius 3 is 2.89 bits per heavy atom. The Hall–Kier alpha value is -1.17.